The molecule has 3 saturated heterocycles. The van der Waals surface area contributed by atoms with Crippen LogP contribution in [-0.4, -0.2) is 61.0 Å². The third-order valence-electron chi connectivity index (χ3n) is 4.90. The van der Waals surface area contributed by atoms with Crippen LogP contribution in [-0.2, 0) is 14.4 Å². The van der Waals surface area contributed by atoms with Crippen LogP contribution in [0.15, 0.2) is 0 Å². The van der Waals surface area contributed by atoms with Gasteiger partial charge >= 0.3 is 5.97 Å². The highest BCUT2D eigenvalue weighted by molar-refractivity contribution is 8.77. The maximum absolute atomic E-state index is 12.3. The second-order valence-electron chi connectivity index (χ2n) is 7.22. The molecule has 0 saturated carbocycles. The van der Waals surface area contributed by atoms with E-state index >= 15 is 0 Å². The Bertz CT molecular complexity index is 566. The lowest BCUT2D eigenvalue weighted by molar-refractivity contribution is -0.161. The van der Waals surface area contributed by atoms with Crippen LogP contribution in [0.2, 0.25) is 0 Å². The number of β-lactam (4-membered cyclic amide) rings is 1. The summed E-state index contributed by atoms with van der Waals surface area (Å²) in [5.74, 6) is -0.143. The summed E-state index contributed by atoms with van der Waals surface area (Å²) in [4.78, 5) is 37.3. The molecule has 6 nitrogen and oxygen atoms in total. The molecule has 0 aliphatic carbocycles. The number of aliphatic carboxylic acids is 1. The fraction of sp³-hybridized carbons (Fsp3) is 0.812. The molecule has 2 amide bonds. The lowest BCUT2D eigenvalue weighted by atomic mass is 9.96. The van der Waals surface area contributed by atoms with Gasteiger partial charge in [0.15, 0.2) is 0 Å². The van der Waals surface area contributed by atoms with Gasteiger partial charge in [-0.25, -0.2) is 4.79 Å². The molecule has 3 aliphatic heterocycles. The van der Waals surface area contributed by atoms with Crippen LogP contribution >= 0.6 is 33.3 Å². The van der Waals surface area contributed by atoms with E-state index in [1.165, 1.54) is 28.8 Å². The number of nitrogens with one attached hydrogen (secondary N) is 1. The number of carboxylic acids is 1. The number of unbranched alkanes of at least 4 members (excludes halogenated alkanes) is 1. The van der Waals surface area contributed by atoms with Crippen molar-refractivity contribution in [3.05, 3.63) is 0 Å². The zero-order chi connectivity index (χ0) is 18.2. The zero-order valence-electron chi connectivity index (χ0n) is 14.4. The summed E-state index contributed by atoms with van der Waals surface area (Å²) in [6.45, 7) is 3.67. The number of amides is 2. The van der Waals surface area contributed by atoms with E-state index < -0.39 is 22.8 Å². The van der Waals surface area contributed by atoms with E-state index in [0.29, 0.717) is 6.42 Å². The van der Waals surface area contributed by atoms with Gasteiger partial charge < -0.3 is 15.3 Å². The van der Waals surface area contributed by atoms with Gasteiger partial charge in [0.2, 0.25) is 11.8 Å². The molecule has 3 fully saturated rings. The lowest BCUT2D eigenvalue weighted by Gasteiger charge is -2.43. The molecule has 2 N–H and O–H groups in total. The SMILES string of the molecule is CC1(C)S[C@@H]2[C@@H](NC(=O)CCCCC3CCSS3)C(=O)N2[C@H]1C(=O)O. The van der Waals surface area contributed by atoms with Crippen LogP contribution in [0.25, 0.3) is 0 Å². The molecule has 0 bridgehead atoms. The summed E-state index contributed by atoms with van der Waals surface area (Å²) in [5.41, 5.74) is 0. The molecule has 0 aromatic carbocycles. The monoisotopic (exact) mass is 404 g/mol. The fourth-order valence-electron chi connectivity index (χ4n) is 3.61. The first-order chi connectivity index (χ1) is 11.8. The van der Waals surface area contributed by atoms with Crippen molar-refractivity contribution >= 4 is 51.1 Å². The van der Waals surface area contributed by atoms with Crippen molar-refractivity contribution in [3.8, 4) is 0 Å². The Labute approximate surface area is 160 Å². The Balaban J connectivity index is 1.44. The molecule has 3 heterocycles. The number of carbonyl (C=O) groups excluding carboxylic acids is 2. The highest BCUT2D eigenvalue weighted by atomic mass is 33.1. The van der Waals surface area contributed by atoms with E-state index in [1.54, 1.807) is 0 Å². The summed E-state index contributed by atoms with van der Waals surface area (Å²) in [6, 6.07) is -1.41. The number of thioether (sulfide) groups is 1. The van der Waals surface area contributed by atoms with E-state index in [4.69, 9.17) is 0 Å². The Kier molecular flexibility index (Phi) is 5.85. The third kappa shape index (κ3) is 3.93. The molecule has 3 aliphatic rings. The average molecular weight is 405 g/mol. The van der Waals surface area contributed by atoms with Crippen LogP contribution in [0.5, 0.6) is 0 Å². The van der Waals surface area contributed by atoms with Crippen molar-refractivity contribution in [1.29, 1.82) is 0 Å². The minimum atomic E-state index is -0.985. The molecule has 25 heavy (non-hydrogen) atoms. The minimum Gasteiger partial charge on any atom is -0.480 e. The van der Waals surface area contributed by atoms with Crippen LogP contribution in [0.3, 0.4) is 0 Å². The molecule has 9 heteroatoms. The molecule has 3 rings (SSSR count). The summed E-state index contributed by atoms with van der Waals surface area (Å²) >= 11 is 1.46. The van der Waals surface area contributed by atoms with Crippen LogP contribution < -0.4 is 5.32 Å². The number of rotatable bonds is 7. The van der Waals surface area contributed by atoms with Gasteiger partial charge in [-0.1, -0.05) is 28.0 Å². The Morgan fingerprint density at radius 3 is 2.76 bits per heavy atom. The number of hydrogen-bond donors (Lipinski definition) is 2. The van der Waals surface area contributed by atoms with Crippen molar-refractivity contribution in [1.82, 2.24) is 10.2 Å². The molecular formula is C16H24N2O4S3. The first-order valence-electron chi connectivity index (χ1n) is 8.61. The smallest absolute Gasteiger partial charge is 0.327 e. The van der Waals surface area contributed by atoms with E-state index in [1.807, 2.05) is 35.4 Å². The van der Waals surface area contributed by atoms with Gasteiger partial charge in [-0.05, 0) is 33.1 Å². The Morgan fingerprint density at radius 2 is 2.12 bits per heavy atom. The Morgan fingerprint density at radius 1 is 1.36 bits per heavy atom. The van der Waals surface area contributed by atoms with Crippen LogP contribution in [0, 0.1) is 0 Å². The van der Waals surface area contributed by atoms with Gasteiger partial charge in [0.25, 0.3) is 0 Å². The molecule has 140 valence electrons. The third-order valence-corrected chi connectivity index (χ3v) is 9.48. The Hall–Kier alpha value is -0.540. The first kappa shape index (κ1) is 19.2. The average Bonchev–Trinajstić information content (AvgIpc) is 3.13. The summed E-state index contributed by atoms with van der Waals surface area (Å²) in [6.07, 6.45) is 4.70. The van der Waals surface area contributed by atoms with Crippen molar-refractivity contribution < 1.29 is 19.5 Å². The second-order valence-corrected chi connectivity index (χ2v) is 11.8. The topological polar surface area (TPSA) is 86.7 Å². The molecule has 0 aromatic rings. The highest BCUT2D eigenvalue weighted by Crippen LogP contribution is 2.50. The minimum absolute atomic E-state index is 0.108. The summed E-state index contributed by atoms with van der Waals surface area (Å²) in [7, 11) is 3.88. The molecule has 1 unspecified atom stereocenters. The molecule has 0 spiro atoms. The van der Waals surface area contributed by atoms with Gasteiger partial charge in [-0.15, -0.1) is 11.8 Å². The van der Waals surface area contributed by atoms with Crippen LogP contribution in [0.1, 0.15) is 46.0 Å². The number of carboxylic acid groups (broad SMARTS) is 1. The van der Waals surface area contributed by atoms with Gasteiger partial charge in [0.1, 0.15) is 17.5 Å². The molecule has 0 radical (unpaired) electrons. The highest BCUT2D eigenvalue weighted by Gasteiger charge is 2.64. The number of carbonyl (C=O) groups is 3. The fourth-order valence-corrected chi connectivity index (χ4v) is 8.27. The van der Waals surface area contributed by atoms with Gasteiger partial charge in [0, 0.05) is 22.2 Å². The van der Waals surface area contributed by atoms with Gasteiger partial charge in [0.05, 0.1) is 0 Å². The lowest BCUT2D eigenvalue weighted by Crippen LogP contribution is -2.70. The predicted octanol–water partition coefficient (Wildman–Crippen LogP) is 2.33. The molecular weight excluding hydrogens is 380 g/mol. The second kappa shape index (κ2) is 7.60. The van der Waals surface area contributed by atoms with Crippen molar-refractivity contribution in [2.75, 3.05) is 5.75 Å². The van der Waals surface area contributed by atoms with E-state index in [9.17, 15) is 19.5 Å². The maximum Gasteiger partial charge on any atom is 0.327 e. The number of fused-ring (bicyclic) bond motifs is 1. The molecule has 4 atom stereocenters. The van der Waals surface area contributed by atoms with E-state index in [-0.39, 0.29) is 17.2 Å². The van der Waals surface area contributed by atoms with E-state index in [2.05, 4.69) is 5.32 Å². The largest absolute Gasteiger partial charge is 0.480 e. The summed E-state index contributed by atoms with van der Waals surface area (Å²) in [5, 5.41) is 12.7. The first-order valence-corrected chi connectivity index (χ1v) is 11.9. The van der Waals surface area contributed by atoms with Crippen molar-refractivity contribution in [3.63, 3.8) is 0 Å². The van der Waals surface area contributed by atoms with Gasteiger partial charge in [-0.2, -0.15) is 0 Å². The number of hydrogen-bond acceptors (Lipinski definition) is 6. The quantitative estimate of drug-likeness (QED) is 0.383. The zero-order valence-corrected chi connectivity index (χ0v) is 16.8. The van der Waals surface area contributed by atoms with Crippen molar-refractivity contribution in [2.24, 2.45) is 0 Å². The van der Waals surface area contributed by atoms with Crippen LogP contribution in [0.4, 0.5) is 0 Å². The van der Waals surface area contributed by atoms with E-state index in [0.717, 1.165) is 24.5 Å². The normalized spacial score (nSPS) is 33.0. The maximum atomic E-state index is 12.3. The molecule has 0 aromatic heterocycles. The standard InChI is InChI=1S/C16H24N2O4S3/c1-16(2)12(15(21)22)18-13(20)11(14(18)24-16)17-10(19)6-4-3-5-9-7-8-23-25-9/h9,11-12,14H,3-8H2,1-2H3,(H,17,19)(H,21,22)/t9?,11-,12-,14+/m0/s1. The predicted molar refractivity (Wildman–Crippen MR) is 103 cm³/mol. The number of nitrogens with zero attached hydrogens (tertiary/aromatic N) is 1. The van der Waals surface area contributed by atoms with Crippen molar-refractivity contribution in [2.45, 2.75) is 73.4 Å². The summed E-state index contributed by atoms with van der Waals surface area (Å²) < 4.78 is -0.553. The van der Waals surface area contributed by atoms with Gasteiger partial charge in [-0.3, -0.25) is 9.59 Å².